The molecule has 19 heavy (non-hydrogen) atoms. The first-order valence-electron chi connectivity index (χ1n) is 6.06. The van der Waals surface area contributed by atoms with Crippen LogP contribution >= 0.6 is 15.9 Å². The van der Waals surface area contributed by atoms with Gasteiger partial charge in [-0.3, -0.25) is 4.79 Å². The number of nitrogens with one attached hydrogen (secondary N) is 2. The van der Waals surface area contributed by atoms with Gasteiger partial charge in [-0.25, -0.2) is 8.78 Å². The highest BCUT2D eigenvalue weighted by atomic mass is 79.9. The van der Waals surface area contributed by atoms with Gasteiger partial charge < -0.3 is 10.6 Å². The summed E-state index contributed by atoms with van der Waals surface area (Å²) < 4.78 is 27.5. The number of carbonyl (C=O) groups is 1. The zero-order valence-electron chi connectivity index (χ0n) is 11.1. The molecule has 0 aliphatic carbocycles. The molecular formula is C13H17BrF2N2O. The summed E-state index contributed by atoms with van der Waals surface area (Å²) in [6.07, 6.45) is 0.791. The average Bonchev–Trinajstić information content (AvgIpc) is 2.32. The van der Waals surface area contributed by atoms with Crippen molar-refractivity contribution in [3.8, 4) is 0 Å². The Labute approximate surface area is 119 Å². The molecule has 2 unspecified atom stereocenters. The van der Waals surface area contributed by atoms with E-state index in [1.165, 1.54) is 0 Å². The van der Waals surface area contributed by atoms with E-state index in [-0.39, 0.29) is 17.6 Å². The predicted molar refractivity (Wildman–Crippen MR) is 75.0 cm³/mol. The van der Waals surface area contributed by atoms with E-state index in [1.54, 1.807) is 6.92 Å². The molecule has 0 aliphatic heterocycles. The van der Waals surface area contributed by atoms with Gasteiger partial charge in [0.05, 0.1) is 0 Å². The molecule has 2 N–H and O–H groups in total. The van der Waals surface area contributed by atoms with Gasteiger partial charge in [0.2, 0.25) is 5.91 Å². The molecule has 0 aromatic heterocycles. The van der Waals surface area contributed by atoms with E-state index >= 15 is 0 Å². The summed E-state index contributed by atoms with van der Waals surface area (Å²) in [6.45, 7) is 5.36. The minimum absolute atomic E-state index is 0.0244. The molecule has 0 aliphatic rings. The Balaban J connectivity index is 2.77. The fourth-order valence-electron chi connectivity index (χ4n) is 1.43. The van der Waals surface area contributed by atoms with Crippen molar-refractivity contribution in [1.29, 1.82) is 0 Å². The molecule has 0 heterocycles. The second-order valence-electron chi connectivity index (χ2n) is 4.43. The van der Waals surface area contributed by atoms with Crippen LogP contribution in [0.2, 0.25) is 0 Å². The second kappa shape index (κ2) is 6.84. The first kappa shape index (κ1) is 15.9. The van der Waals surface area contributed by atoms with Crippen LogP contribution in [-0.4, -0.2) is 18.0 Å². The largest absolute Gasteiger partial charge is 0.369 e. The lowest BCUT2D eigenvalue weighted by Crippen LogP contribution is -2.42. The molecular weight excluding hydrogens is 318 g/mol. The SMILES string of the molecule is CCC(C)NC(=O)C(C)Nc1c(F)cc(Br)cc1F. The average molecular weight is 335 g/mol. The van der Waals surface area contributed by atoms with Crippen molar-refractivity contribution in [2.24, 2.45) is 0 Å². The summed E-state index contributed by atoms with van der Waals surface area (Å²) in [5, 5.41) is 5.30. The number of benzene rings is 1. The number of anilines is 1. The van der Waals surface area contributed by atoms with E-state index in [0.29, 0.717) is 4.47 Å². The molecule has 0 radical (unpaired) electrons. The Bertz CT molecular complexity index is 445. The van der Waals surface area contributed by atoms with E-state index in [4.69, 9.17) is 0 Å². The maximum absolute atomic E-state index is 13.6. The molecule has 3 nitrogen and oxygen atoms in total. The maximum atomic E-state index is 13.6. The molecule has 2 atom stereocenters. The van der Waals surface area contributed by atoms with E-state index in [2.05, 4.69) is 26.6 Å². The van der Waals surface area contributed by atoms with Crippen molar-refractivity contribution in [2.75, 3.05) is 5.32 Å². The van der Waals surface area contributed by atoms with Crippen LogP contribution in [0.4, 0.5) is 14.5 Å². The fourth-order valence-corrected chi connectivity index (χ4v) is 1.83. The number of halogens is 3. The van der Waals surface area contributed by atoms with Gasteiger partial charge in [0.15, 0.2) is 0 Å². The van der Waals surface area contributed by atoms with Crippen LogP contribution in [0.3, 0.4) is 0 Å². The van der Waals surface area contributed by atoms with Crippen LogP contribution in [0.5, 0.6) is 0 Å². The number of rotatable bonds is 5. The molecule has 1 aromatic carbocycles. The maximum Gasteiger partial charge on any atom is 0.242 e. The topological polar surface area (TPSA) is 41.1 Å². The lowest BCUT2D eigenvalue weighted by atomic mass is 10.2. The Morgan fingerprint density at radius 3 is 2.32 bits per heavy atom. The number of hydrogen-bond acceptors (Lipinski definition) is 2. The van der Waals surface area contributed by atoms with Crippen molar-refractivity contribution in [3.63, 3.8) is 0 Å². The van der Waals surface area contributed by atoms with Crippen LogP contribution in [0.1, 0.15) is 27.2 Å². The summed E-state index contributed by atoms with van der Waals surface area (Å²) in [7, 11) is 0. The Morgan fingerprint density at radius 2 is 1.84 bits per heavy atom. The Kier molecular flexibility index (Phi) is 5.72. The normalized spacial score (nSPS) is 13.8. The smallest absolute Gasteiger partial charge is 0.242 e. The molecule has 0 spiro atoms. The van der Waals surface area contributed by atoms with Gasteiger partial charge in [-0.1, -0.05) is 22.9 Å². The highest BCUT2D eigenvalue weighted by Gasteiger charge is 2.18. The predicted octanol–water partition coefficient (Wildman–Crippen LogP) is 3.44. The minimum Gasteiger partial charge on any atom is -0.369 e. The van der Waals surface area contributed by atoms with Crippen LogP contribution < -0.4 is 10.6 Å². The van der Waals surface area contributed by atoms with Crippen LogP contribution in [0.15, 0.2) is 16.6 Å². The van der Waals surface area contributed by atoms with E-state index in [1.807, 2.05) is 13.8 Å². The molecule has 0 fully saturated rings. The third-order valence-electron chi connectivity index (χ3n) is 2.76. The molecule has 0 saturated heterocycles. The van der Waals surface area contributed by atoms with Crippen molar-refractivity contribution in [2.45, 2.75) is 39.3 Å². The van der Waals surface area contributed by atoms with Gasteiger partial charge in [0, 0.05) is 10.5 Å². The number of carbonyl (C=O) groups excluding carboxylic acids is 1. The molecule has 1 amide bonds. The summed E-state index contributed by atoms with van der Waals surface area (Å²) in [5.41, 5.74) is -0.296. The van der Waals surface area contributed by atoms with Crippen LogP contribution in [-0.2, 0) is 4.79 Å². The zero-order chi connectivity index (χ0) is 14.6. The summed E-state index contributed by atoms with van der Waals surface area (Å²) in [6, 6.07) is 1.59. The molecule has 106 valence electrons. The zero-order valence-corrected chi connectivity index (χ0v) is 12.6. The standard InChI is InChI=1S/C13H17BrF2N2O/c1-4-7(2)17-13(19)8(3)18-12-10(15)5-9(14)6-11(12)16/h5-8,18H,4H2,1-3H3,(H,17,19). The van der Waals surface area contributed by atoms with Gasteiger partial charge in [0.1, 0.15) is 23.4 Å². The lowest BCUT2D eigenvalue weighted by Gasteiger charge is -2.19. The van der Waals surface area contributed by atoms with Gasteiger partial charge in [0.25, 0.3) is 0 Å². The van der Waals surface area contributed by atoms with Crippen molar-refractivity contribution in [3.05, 3.63) is 28.2 Å². The van der Waals surface area contributed by atoms with Crippen molar-refractivity contribution >= 4 is 27.5 Å². The molecule has 1 aromatic rings. The molecule has 0 saturated carbocycles. The van der Waals surface area contributed by atoms with E-state index in [0.717, 1.165) is 18.6 Å². The number of amides is 1. The third-order valence-corrected chi connectivity index (χ3v) is 3.22. The van der Waals surface area contributed by atoms with Crippen molar-refractivity contribution < 1.29 is 13.6 Å². The highest BCUT2D eigenvalue weighted by molar-refractivity contribution is 9.10. The van der Waals surface area contributed by atoms with Crippen molar-refractivity contribution in [1.82, 2.24) is 5.32 Å². The summed E-state index contributed by atoms with van der Waals surface area (Å²) >= 11 is 3.00. The first-order chi connectivity index (χ1) is 8.85. The third kappa shape index (κ3) is 4.45. The summed E-state index contributed by atoms with van der Waals surface area (Å²) in [5.74, 6) is -1.78. The van der Waals surface area contributed by atoms with E-state index < -0.39 is 17.7 Å². The second-order valence-corrected chi connectivity index (χ2v) is 5.34. The molecule has 1 rings (SSSR count). The van der Waals surface area contributed by atoms with Gasteiger partial charge in [-0.05, 0) is 32.4 Å². The fraction of sp³-hybridized carbons (Fsp3) is 0.462. The lowest BCUT2D eigenvalue weighted by molar-refractivity contribution is -0.122. The Hall–Kier alpha value is -1.17. The monoisotopic (exact) mass is 334 g/mol. The highest BCUT2D eigenvalue weighted by Crippen LogP contribution is 2.24. The molecule has 0 bridgehead atoms. The first-order valence-corrected chi connectivity index (χ1v) is 6.85. The van der Waals surface area contributed by atoms with Crippen LogP contribution in [0.25, 0.3) is 0 Å². The number of hydrogen-bond donors (Lipinski definition) is 2. The molecule has 6 heteroatoms. The minimum atomic E-state index is -0.741. The summed E-state index contributed by atoms with van der Waals surface area (Å²) in [4.78, 5) is 11.8. The van der Waals surface area contributed by atoms with Crippen LogP contribution in [0, 0.1) is 11.6 Å². The van der Waals surface area contributed by atoms with Gasteiger partial charge >= 0.3 is 0 Å². The quantitative estimate of drug-likeness (QED) is 0.865. The van der Waals surface area contributed by atoms with Gasteiger partial charge in [-0.15, -0.1) is 0 Å². The Morgan fingerprint density at radius 1 is 1.32 bits per heavy atom. The van der Waals surface area contributed by atoms with Gasteiger partial charge in [-0.2, -0.15) is 0 Å². The van der Waals surface area contributed by atoms with E-state index in [9.17, 15) is 13.6 Å².